The van der Waals surface area contributed by atoms with E-state index in [1.807, 2.05) is 41.3 Å². The number of methoxy groups -OCH3 is 1. The number of amides is 1. The first-order chi connectivity index (χ1) is 11.2. The molecule has 4 nitrogen and oxygen atoms in total. The van der Waals surface area contributed by atoms with Gasteiger partial charge < -0.3 is 14.5 Å². The van der Waals surface area contributed by atoms with Crippen LogP contribution in [0.5, 0.6) is 5.75 Å². The summed E-state index contributed by atoms with van der Waals surface area (Å²) in [5.74, 6) is 0.670. The number of para-hydroxylation sites is 1. The van der Waals surface area contributed by atoms with E-state index in [-0.39, 0.29) is 5.91 Å². The van der Waals surface area contributed by atoms with Crippen LogP contribution in [-0.2, 0) is 0 Å². The summed E-state index contributed by atoms with van der Waals surface area (Å²) < 4.78 is 6.37. The molecule has 0 aromatic heterocycles. The molecule has 2 aromatic carbocycles. The number of ether oxygens (including phenoxy) is 1. The van der Waals surface area contributed by atoms with Crippen molar-refractivity contribution >= 4 is 27.5 Å². The molecule has 0 atom stereocenters. The fourth-order valence-electron chi connectivity index (χ4n) is 2.83. The molecule has 2 aromatic rings. The van der Waals surface area contributed by atoms with E-state index in [2.05, 4.69) is 33.0 Å². The Labute approximate surface area is 144 Å². The summed E-state index contributed by atoms with van der Waals surface area (Å²) in [6.45, 7) is 3.08. The fraction of sp³-hybridized carbons (Fsp3) is 0.278. The summed E-state index contributed by atoms with van der Waals surface area (Å²) in [6.07, 6.45) is 0. The molecule has 0 unspecified atom stereocenters. The first-order valence-electron chi connectivity index (χ1n) is 7.62. The van der Waals surface area contributed by atoms with E-state index in [1.54, 1.807) is 7.11 Å². The third kappa shape index (κ3) is 3.50. The summed E-state index contributed by atoms with van der Waals surface area (Å²) in [7, 11) is 1.59. The normalized spacial score (nSPS) is 14.7. The molecule has 3 rings (SSSR count). The highest BCUT2D eigenvalue weighted by atomic mass is 79.9. The summed E-state index contributed by atoms with van der Waals surface area (Å²) >= 11 is 3.51. The Morgan fingerprint density at radius 3 is 2.48 bits per heavy atom. The Morgan fingerprint density at radius 1 is 1.04 bits per heavy atom. The SMILES string of the molecule is COc1ccccc1C(=O)N1CCN(c2cccc(Br)c2)CC1. The number of hydrogen-bond donors (Lipinski definition) is 0. The number of anilines is 1. The minimum Gasteiger partial charge on any atom is -0.496 e. The molecule has 1 aliphatic heterocycles. The van der Waals surface area contributed by atoms with Gasteiger partial charge in [0.25, 0.3) is 5.91 Å². The van der Waals surface area contributed by atoms with Gasteiger partial charge in [0, 0.05) is 36.3 Å². The van der Waals surface area contributed by atoms with Crippen molar-refractivity contribution in [3.05, 3.63) is 58.6 Å². The van der Waals surface area contributed by atoms with Gasteiger partial charge in [-0.15, -0.1) is 0 Å². The summed E-state index contributed by atoms with van der Waals surface area (Å²) in [5, 5.41) is 0. The van der Waals surface area contributed by atoms with Crippen molar-refractivity contribution in [3.8, 4) is 5.75 Å². The van der Waals surface area contributed by atoms with Crippen molar-refractivity contribution < 1.29 is 9.53 Å². The van der Waals surface area contributed by atoms with E-state index in [1.165, 1.54) is 5.69 Å². The largest absolute Gasteiger partial charge is 0.496 e. The number of halogens is 1. The van der Waals surface area contributed by atoms with Gasteiger partial charge in [-0.1, -0.05) is 34.1 Å². The average Bonchev–Trinajstić information content (AvgIpc) is 2.61. The quantitative estimate of drug-likeness (QED) is 0.824. The molecule has 1 aliphatic rings. The lowest BCUT2D eigenvalue weighted by Crippen LogP contribution is -2.48. The lowest BCUT2D eigenvalue weighted by molar-refractivity contribution is 0.0743. The molecule has 1 amide bonds. The predicted octanol–water partition coefficient (Wildman–Crippen LogP) is 3.42. The van der Waals surface area contributed by atoms with Crippen molar-refractivity contribution in [1.29, 1.82) is 0 Å². The molecule has 1 saturated heterocycles. The van der Waals surface area contributed by atoms with Crippen LogP contribution in [0.2, 0.25) is 0 Å². The van der Waals surface area contributed by atoms with Crippen LogP contribution in [0.15, 0.2) is 53.0 Å². The summed E-state index contributed by atoms with van der Waals surface area (Å²) in [4.78, 5) is 16.9. The number of piperazine rings is 1. The van der Waals surface area contributed by atoms with E-state index in [4.69, 9.17) is 4.74 Å². The van der Waals surface area contributed by atoms with Gasteiger partial charge in [-0.25, -0.2) is 0 Å². The smallest absolute Gasteiger partial charge is 0.257 e. The first-order valence-corrected chi connectivity index (χ1v) is 8.41. The van der Waals surface area contributed by atoms with Crippen LogP contribution in [0, 0.1) is 0 Å². The third-order valence-corrected chi connectivity index (χ3v) is 4.57. The Kier molecular flexibility index (Phi) is 4.86. The molecule has 1 heterocycles. The van der Waals surface area contributed by atoms with Crippen molar-refractivity contribution in [2.24, 2.45) is 0 Å². The molecule has 120 valence electrons. The second-order valence-corrected chi connectivity index (χ2v) is 6.38. The van der Waals surface area contributed by atoms with E-state index in [0.717, 1.165) is 17.6 Å². The molecule has 23 heavy (non-hydrogen) atoms. The summed E-state index contributed by atoms with van der Waals surface area (Å²) in [6, 6.07) is 15.7. The lowest BCUT2D eigenvalue weighted by Gasteiger charge is -2.36. The highest BCUT2D eigenvalue weighted by molar-refractivity contribution is 9.10. The van der Waals surface area contributed by atoms with Gasteiger partial charge >= 0.3 is 0 Å². The van der Waals surface area contributed by atoms with Crippen LogP contribution in [0.3, 0.4) is 0 Å². The molecular weight excluding hydrogens is 356 g/mol. The lowest BCUT2D eigenvalue weighted by atomic mass is 10.1. The molecule has 0 saturated carbocycles. The highest BCUT2D eigenvalue weighted by Gasteiger charge is 2.24. The predicted molar refractivity (Wildman–Crippen MR) is 95.3 cm³/mol. The Morgan fingerprint density at radius 2 is 1.78 bits per heavy atom. The second-order valence-electron chi connectivity index (χ2n) is 5.46. The molecule has 0 aliphatic carbocycles. The number of carbonyl (C=O) groups excluding carboxylic acids is 1. The van der Waals surface area contributed by atoms with Gasteiger partial charge in [0.2, 0.25) is 0 Å². The van der Waals surface area contributed by atoms with E-state index in [9.17, 15) is 4.79 Å². The Hall–Kier alpha value is -2.01. The molecule has 5 heteroatoms. The van der Waals surface area contributed by atoms with Gasteiger partial charge in [-0.3, -0.25) is 4.79 Å². The van der Waals surface area contributed by atoms with Crippen molar-refractivity contribution in [1.82, 2.24) is 4.90 Å². The van der Waals surface area contributed by atoms with Gasteiger partial charge in [0.1, 0.15) is 5.75 Å². The third-order valence-electron chi connectivity index (χ3n) is 4.08. The van der Waals surface area contributed by atoms with Gasteiger partial charge in [0.15, 0.2) is 0 Å². The Bertz CT molecular complexity index is 697. The molecule has 0 N–H and O–H groups in total. The van der Waals surface area contributed by atoms with Crippen molar-refractivity contribution in [2.45, 2.75) is 0 Å². The van der Waals surface area contributed by atoms with Gasteiger partial charge in [0.05, 0.1) is 12.7 Å². The standard InChI is InChI=1S/C18H19BrN2O2/c1-23-17-8-3-2-7-16(17)18(22)21-11-9-20(10-12-21)15-6-4-5-14(19)13-15/h2-8,13H,9-12H2,1H3. The van der Waals surface area contributed by atoms with E-state index < -0.39 is 0 Å². The molecule has 1 fully saturated rings. The average molecular weight is 375 g/mol. The molecule has 0 bridgehead atoms. The molecule has 0 radical (unpaired) electrons. The van der Waals surface area contributed by atoms with Gasteiger partial charge in [-0.05, 0) is 30.3 Å². The van der Waals surface area contributed by atoms with Crippen LogP contribution >= 0.6 is 15.9 Å². The van der Waals surface area contributed by atoms with E-state index >= 15 is 0 Å². The second kappa shape index (κ2) is 7.04. The van der Waals surface area contributed by atoms with Crippen LogP contribution in [0.4, 0.5) is 5.69 Å². The zero-order valence-electron chi connectivity index (χ0n) is 13.0. The van der Waals surface area contributed by atoms with Crippen LogP contribution in [0.1, 0.15) is 10.4 Å². The molecule has 0 spiro atoms. The number of benzene rings is 2. The Balaban J connectivity index is 1.68. The topological polar surface area (TPSA) is 32.8 Å². The fourth-order valence-corrected chi connectivity index (χ4v) is 3.22. The zero-order chi connectivity index (χ0) is 16.2. The number of rotatable bonds is 3. The monoisotopic (exact) mass is 374 g/mol. The first kappa shape index (κ1) is 15.9. The summed E-state index contributed by atoms with van der Waals surface area (Å²) in [5.41, 5.74) is 1.81. The molecular formula is C18H19BrN2O2. The van der Waals surface area contributed by atoms with E-state index in [0.29, 0.717) is 24.4 Å². The van der Waals surface area contributed by atoms with Crippen molar-refractivity contribution in [2.75, 3.05) is 38.2 Å². The van der Waals surface area contributed by atoms with Crippen LogP contribution in [-0.4, -0.2) is 44.1 Å². The number of nitrogens with zero attached hydrogens (tertiary/aromatic N) is 2. The minimum absolute atomic E-state index is 0.0383. The number of hydrogen-bond acceptors (Lipinski definition) is 3. The van der Waals surface area contributed by atoms with Crippen molar-refractivity contribution in [3.63, 3.8) is 0 Å². The minimum atomic E-state index is 0.0383. The number of carbonyl (C=O) groups is 1. The highest BCUT2D eigenvalue weighted by Crippen LogP contribution is 2.23. The maximum atomic E-state index is 12.7. The maximum absolute atomic E-state index is 12.7. The van der Waals surface area contributed by atoms with Gasteiger partial charge in [-0.2, -0.15) is 0 Å². The zero-order valence-corrected chi connectivity index (χ0v) is 14.6. The van der Waals surface area contributed by atoms with Crippen LogP contribution < -0.4 is 9.64 Å². The maximum Gasteiger partial charge on any atom is 0.257 e. The van der Waals surface area contributed by atoms with Crippen LogP contribution in [0.25, 0.3) is 0 Å².